The van der Waals surface area contributed by atoms with Crippen LogP contribution in [0.15, 0.2) is 48.5 Å². The fraction of sp³-hybridized carbons (Fsp3) is 0.417. The number of benzene rings is 2. The van der Waals surface area contributed by atoms with Crippen LogP contribution >= 0.6 is 0 Å². The Bertz CT molecular complexity index is 859. The van der Waals surface area contributed by atoms with E-state index in [1.165, 1.54) is 4.90 Å². The number of aliphatic hydroxyl groups excluding tert-OH is 1. The zero-order valence-corrected chi connectivity index (χ0v) is 16.5. The monoisotopic (exact) mass is 393 g/mol. The summed E-state index contributed by atoms with van der Waals surface area (Å²) in [6.07, 6.45) is 5.34. The minimum Gasteiger partial charge on any atom is -0.493 e. The van der Waals surface area contributed by atoms with Crippen molar-refractivity contribution in [2.45, 2.75) is 44.6 Å². The summed E-state index contributed by atoms with van der Waals surface area (Å²) in [5.41, 5.74) is 2.11. The Hall–Kier alpha value is -2.66. The van der Waals surface area contributed by atoms with Gasteiger partial charge in [0.05, 0.1) is 23.8 Å². The maximum absolute atomic E-state index is 12.4. The Balaban J connectivity index is 1.29. The minimum absolute atomic E-state index is 0.200. The van der Waals surface area contributed by atoms with Crippen molar-refractivity contribution in [2.24, 2.45) is 5.92 Å². The van der Waals surface area contributed by atoms with Gasteiger partial charge in [0.25, 0.3) is 11.8 Å². The number of rotatable bonds is 7. The molecule has 2 aromatic carbocycles. The Labute approximate surface area is 171 Å². The molecular weight excluding hydrogens is 366 g/mol. The van der Waals surface area contributed by atoms with Crippen molar-refractivity contribution < 1.29 is 19.4 Å². The van der Waals surface area contributed by atoms with Gasteiger partial charge < -0.3 is 9.84 Å². The number of aryl methyl sites for hydroxylation is 1. The Morgan fingerprint density at radius 1 is 0.966 bits per heavy atom. The predicted molar refractivity (Wildman–Crippen MR) is 110 cm³/mol. The molecule has 0 saturated heterocycles. The number of fused-ring (bicyclic) bond motifs is 1. The van der Waals surface area contributed by atoms with Crippen LogP contribution < -0.4 is 4.74 Å². The van der Waals surface area contributed by atoms with Crippen molar-refractivity contribution in [3.05, 3.63) is 65.2 Å². The third kappa shape index (κ3) is 4.35. The number of amides is 2. The topological polar surface area (TPSA) is 66.8 Å². The first-order valence-corrected chi connectivity index (χ1v) is 10.5. The van der Waals surface area contributed by atoms with Gasteiger partial charge in [0.1, 0.15) is 5.75 Å². The van der Waals surface area contributed by atoms with Crippen LogP contribution in [0.4, 0.5) is 0 Å². The van der Waals surface area contributed by atoms with Gasteiger partial charge in [-0.15, -0.1) is 0 Å². The van der Waals surface area contributed by atoms with E-state index in [0.29, 0.717) is 30.7 Å². The van der Waals surface area contributed by atoms with Crippen LogP contribution in [0, 0.1) is 5.92 Å². The molecule has 0 unspecified atom stereocenters. The molecule has 1 heterocycles. The third-order valence-electron chi connectivity index (χ3n) is 5.96. The second-order valence-electron chi connectivity index (χ2n) is 7.98. The molecule has 29 heavy (non-hydrogen) atoms. The van der Waals surface area contributed by atoms with Crippen molar-refractivity contribution in [2.75, 3.05) is 13.2 Å². The highest BCUT2D eigenvalue weighted by molar-refractivity contribution is 6.21. The Morgan fingerprint density at radius 2 is 1.69 bits per heavy atom. The maximum Gasteiger partial charge on any atom is 0.261 e. The molecular formula is C24H27NO4. The highest BCUT2D eigenvalue weighted by Crippen LogP contribution is 2.26. The van der Waals surface area contributed by atoms with Crippen LogP contribution in [0.2, 0.25) is 0 Å². The van der Waals surface area contributed by atoms with Crippen LogP contribution in [-0.4, -0.2) is 41.1 Å². The first-order valence-electron chi connectivity index (χ1n) is 10.5. The van der Waals surface area contributed by atoms with E-state index < -0.39 is 0 Å². The molecule has 0 spiro atoms. The lowest BCUT2D eigenvalue weighted by Crippen LogP contribution is -2.31. The molecule has 2 aliphatic rings. The number of imide groups is 1. The van der Waals surface area contributed by atoms with E-state index in [1.807, 2.05) is 24.3 Å². The predicted octanol–water partition coefficient (Wildman–Crippen LogP) is 3.85. The zero-order valence-electron chi connectivity index (χ0n) is 16.5. The second-order valence-corrected chi connectivity index (χ2v) is 7.98. The minimum atomic E-state index is -0.258. The Kier molecular flexibility index (Phi) is 5.95. The van der Waals surface area contributed by atoms with Crippen LogP contribution in [0.1, 0.15) is 58.4 Å². The average Bonchev–Trinajstić information content (AvgIpc) is 2.99. The lowest BCUT2D eigenvalue weighted by Gasteiger charge is -2.27. The molecule has 1 aliphatic carbocycles. The van der Waals surface area contributed by atoms with Crippen molar-refractivity contribution in [1.29, 1.82) is 0 Å². The largest absolute Gasteiger partial charge is 0.493 e. The number of hydrogen-bond acceptors (Lipinski definition) is 4. The molecule has 1 aliphatic heterocycles. The second kappa shape index (κ2) is 8.78. The molecule has 0 aromatic heterocycles. The molecule has 1 fully saturated rings. The molecule has 152 valence electrons. The van der Waals surface area contributed by atoms with Crippen molar-refractivity contribution >= 4 is 11.8 Å². The summed E-state index contributed by atoms with van der Waals surface area (Å²) in [6, 6.07) is 14.9. The smallest absolute Gasteiger partial charge is 0.261 e. The van der Waals surface area contributed by atoms with E-state index in [9.17, 15) is 14.7 Å². The quantitative estimate of drug-likeness (QED) is 0.726. The van der Waals surface area contributed by atoms with Gasteiger partial charge in [-0.2, -0.15) is 0 Å². The Morgan fingerprint density at radius 3 is 2.41 bits per heavy atom. The zero-order chi connectivity index (χ0) is 20.2. The van der Waals surface area contributed by atoms with Crippen LogP contribution in [0.25, 0.3) is 0 Å². The molecule has 5 nitrogen and oxygen atoms in total. The lowest BCUT2D eigenvalue weighted by atomic mass is 9.87. The maximum atomic E-state index is 12.4. The van der Waals surface area contributed by atoms with E-state index in [4.69, 9.17) is 4.74 Å². The first-order chi connectivity index (χ1) is 14.1. The third-order valence-corrected chi connectivity index (χ3v) is 5.96. The normalized spacial score (nSPS) is 21.3. The summed E-state index contributed by atoms with van der Waals surface area (Å²) in [5, 5.41) is 10.1. The summed E-state index contributed by atoms with van der Waals surface area (Å²) in [4.78, 5) is 26.2. The molecule has 2 atom stereocenters. The highest BCUT2D eigenvalue weighted by atomic mass is 16.5. The van der Waals surface area contributed by atoms with Crippen molar-refractivity contribution in [1.82, 2.24) is 4.90 Å². The average molecular weight is 393 g/mol. The van der Waals surface area contributed by atoms with Crippen LogP contribution in [0.5, 0.6) is 5.75 Å². The summed E-state index contributed by atoms with van der Waals surface area (Å²) < 4.78 is 5.93. The standard InChI is InChI=1S/C24H27NO4/c26-22-13-4-1-9-18(22)16-29-19-10-5-7-17(15-19)8-6-14-25-23(27)20-11-2-3-12-21(20)24(25)28/h2-3,5,7,10-12,15,18,22,26H,1,4,6,8-9,13-14,16H2/t18-,22-/m1/s1. The lowest BCUT2D eigenvalue weighted by molar-refractivity contribution is 0.0422. The molecule has 1 N–H and O–H groups in total. The van der Waals surface area contributed by atoms with Gasteiger partial charge in [-0.1, -0.05) is 37.1 Å². The fourth-order valence-corrected chi connectivity index (χ4v) is 4.26. The van der Waals surface area contributed by atoms with E-state index in [-0.39, 0.29) is 23.8 Å². The SMILES string of the molecule is O=C1c2ccccc2C(=O)N1CCCc1cccc(OC[C@H]2CCCC[C@H]2O)c1. The van der Waals surface area contributed by atoms with E-state index in [0.717, 1.165) is 43.4 Å². The van der Waals surface area contributed by atoms with E-state index >= 15 is 0 Å². The molecule has 2 amide bonds. The first kappa shape index (κ1) is 19.6. The number of hydrogen-bond donors (Lipinski definition) is 1. The van der Waals surface area contributed by atoms with Gasteiger partial charge in [-0.05, 0) is 55.5 Å². The molecule has 5 heteroatoms. The number of carbonyl (C=O) groups is 2. The fourth-order valence-electron chi connectivity index (χ4n) is 4.26. The van der Waals surface area contributed by atoms with Gasteiger partial charge in [-0.25, -0.2) is 0 Å². The number of carbonyl (C=O) groups excluding carboxylic acids is 2. The number of ether oxygens (including phenoxy) is 1. The molecule has 0 radical (unpaired) electrons. The summed E-state index contributed by atoms with van der Waals surface area (Å²) in [6.45, 7) is 0.950. The molecule has 2 aromatic rings. The van der Waals surface area contributed by atoms with Gasteiger partial charge in [0.2, 0.25) is 0 Å². The van der Waals surface area contributed by atoms with Crippen LogP contribution in [-0.2, 0) is 6.42 Å². The van der Waals surface area contributed by atoms with Gasteiger partial charge in [-0.3, -0.25) is 14.5 Å². The van der Waals surface area contributed by atoms with Crippen molar-refractivity contribution in [3.63, 3.8) is 0 Å². The molecule has 0 bridgehead atoms. The van der Waals surface area contributed by atoms with Gasteiger partial charge >= 0.3 is 0 Å². The highest BCUT2D eigenvalue weighted by Gasteiger charge is 2.34. The van der Waals surface area contributed by atoms with Crippen molar-refractivity contribution in [3.8, 4) is 5.75 Å². The summed E-state index contributed by atoms with van der Waals surface area (Å²) >= 11 is 0. The van der Waals surface area contributed by atoms with Gasteiger partial charge in [0, 0.05) is 12.5 Å². The molecule has 1 saturated carbocycles. The number of aliphatic hydroxyl groups is 1. The number of nitrogens with zero attached hydrogens (tertiary/aromatic N) is 1. The van der Waals surface area contributed by atoms with E-state index in [1.54, 1.807) is 24.3 Å². The van der Waals surface area contributed by atoms with E-state index in [2.05, 4.69) is 0 Å². The van der Waals surface area contributed by atoms with Gasteiger partial charge in [0.15, 0.2) is 0 Å². The molecule has 4 rings (SSSR count). The van der Waals surface area contributed by atoms with Crippen LogP contribution in [0.3, 0.4) is 0 Å². The summed E-state index contributed by atoms with van der Waals surface area (Å²) in [7, 11) is 0. The summed E-state index contributed by atoms with van der Waals surface area (Å²) in [5.74, 6) is 0.615.